The van der Waals surface area contributed by atoms with Crippen LogP contribution in [0.1, 0.15) is 17.0 Å². The summed E-state index contributed by atoms with van der Waals surface area (Å²) in [7, 11) is 0. The van der Waals surface area contributed by atoms with Crippen molar-refractivity contribution < 1.29 is 9.32 Å². The quantitative estimate of drug-likeness (QED) is 0.715. The number of carbonyl (C=O) groups excluding carboxylic acids is 1. The van der Waals surface area contributed by atoms with Gasteiger partial charge in [0.1, 0.15) is 0 Å². The molecule has 2 aromatic carbocycles. The van der Waals surface area contributed by atoms with Gasteiger partial charge in [-0.3, -0.25) is 4.79 Å². The number of aromatic nitrogens is 2. The van der Waals surface area contributed by atoms with E-state index in [1.165, 1.54) is 11.8 Å². The Balaban J connectivity index is 1.51. The van der Waals surface area contributed by atoms with Crippen molar-refractivity contribution in [2.45, 2.75) is 12.7 Å². The molecule has 26 heavy (non-hydrogen) atoms. The minimum atomic E-state index is -0.149. The highest BCUT2D eigenvalue weighted by Crippen LogP contribution is 2.21. The van der Waals surface area contributed by atoms with Crippen molar-refractivity contribution in [3.8, 4) is 17.5 Å². The van der Waals surface area contributed by atoms with Crippen molar-refractivity contribution in [2.75, 3.05) is 11.1 Å². The number of benzene rings is 2. The van der Waals surface area contributed by atoms with Gasteiger partial charge < -0.3 is 9.84 Å². The molecule has 0 saturated heterocycles. The number of aryl methyl sites for hydroxylation is 1. The molecule has 3 rings (SSSR count). The van der Waals surface area contributed by atoms with Crippen LogP contribution in [0.4, 0.5) is 5.69 Å². The van der Waals surface area contributed by atoms with Crippen LogP contribution in [0.25, 0.3) is 11.4 Å². The first kappa shape index (κ1) is 17.7. The van der Waals surface area contributed by atoms with Crippen molar-refractivity contribution in [1.82, 2.24) is 10.1 Å². The molecule has 0 aliphatic carbocycles. The highest BCUT2D eigenvalue weighted by atomic mass is 32.2. The maximum Gasteiger partial charge on any atom is 0.236 e. The Bertz CT molecular complexity index is 962. The number of nitrogens with one attached hydrogen (secondary N) is 1. The molecule has 6 nitrogen and oxygen atoms in total. The van der Waals surface area contributed by atoms with E-state index in [1.54, 1.807) is 24.3 Å². The number of hydrogen-bond acceptors (Lipinski definition) is 6. The molecule has 0 bridgehead atoms. The van der Waals surface area contributed by atoms with E-state index in [9.17, 15) is 4.79 Å². The number of anilines is 1. The van der Waals surface area contributed by atoms with Crippen molar-refractivity contribution in [2.24, 2.45) is 0 Å². The predicted octanol–water partition coefficient (Wildman–Crippen LogP) is 3.79. The Morgan fingerprint density at radius 3 is 2.92 bits per heavy atom. The second kappa shape index (κ2) is 8.32. The molecule has 0 aliphatic heterocycles. The van der Waals surface area contributed by atoms with Crippen LogP contribution in [0.3, 0.4) is 0 Å². The second-order valence-corrected chi connectivity index (χ2v) is 6.55. The molecule has 0 radical (unpaired) electrons. The van der Waals surface area contributed by atoms with Gasteiger partial charge in [0.05, 0.1) is 23.1 Å². The lowest BCUT2D eigenvalue weighted by Gasteiger charge is -2.04. The average Bonchev–Trinajstić information content (AvgIpc) is 3.11. The van der Waals surface area contributed by atoms with E-state index in [1.807, 2.05) is 37.3 Å². The number of rotatable bonds is 6. The first-order valence-electron chi connectivity index (χ1n) is 7.92. The van der Waals surface area contributed by atoms with Gasteiger partial charge in [0.2, 0.25) is 17.6 Å². The van der Waals surface area contributed by atoms with Gasteiger partial charge in [-0.2, -0.15) is 10.2 Å². The first-order valence-corrected chi connectivity index (χ1v) is 9.07. The summed E-state index contributed by atoms with van der Waals surface area (Å²) in [5.41, 5.74) is 3.12. The minimum Gasteiger partial charge on any atom is -0.338 e. The molecular weight excluding hydrogens is 348 g/mol. The summed E-state index contributed by atoms with van der Waals surface area (Å²) in [6.45, 7) is 1.99. The van der Waals surface area contributed by atoms with Crippen molar-refractivity contribution >= 4 is 23.4 Å². The van der Waals surface area contributed by atoms with E-state index in [-0.39, 0.29) is 11.7 Å². The summed E-state index contributed by atoms with van der Waals surface area (Å²) in [6.07, 6.45) is 0. The van der Waals surface area contributed by atoms with E-state index < -0.39 is 0 Å². The van der Waals surface area contributed by atoms with Crippen molar-refractivity contribution in [3.05, 3.63) is 65.5 Å². The van der Waals surface area contributed by atoms with Gasteiger partial charge in [-0.1, -0.05) is 35.5 Å². The van der Waals surface area contributed by atoms with Crippen LogP contribution in [-0.2, 0) is 10.5 Å². The van der Waals surface area contributed by atoms with Crippen LogP contribution >= 0.6 is 11.8 Å². The normalized spacial score (nSPS) is 10.3. The Labute approximate surface area is 155 Å². The lowest BCUT2D eigenvalue weighted by molar-refractivity contribution is -0.113. The zero-order chi connectivity index (χ0) is 18.4. The molecule has 0 saturated carbocycles. The van der Waals surface area contributed by atoms with Gasteiger partial charge in [-0.25, -0.2) is 0 Å². The maximum atomic E-state index is 12.0. The monoisotopic (exact) mass is 364 g/mol. The van der Waals surface area contributed by atoms with E-state index in [2.05, 4.69) is 15.5 Å². The molecular formula is C19H16N4O2S. The summed E-state index contributed by atoms with van der Waals surface area (Å²) in [6, 6.07) is 16.7. The largest absolute Gasteiger partial charge is 0.338 e. The van der Waals surface area contributed by atoms with E-state index in [0.717, 1.165) is 11.1 Å². The minimum absolute atomic E-state index is 0.149. The first-order chi connectivity index (χ1) is 12.7. The van der Waals surface area contributed by atoms with Crippen LogP contribution in [0.5, 0.6) is 0 Å². The molecule has 0 atom stereocenters. The second-order valence-electron chi connectivity index (χ2n) is 5.56. The Kier molecular flexibility index (Phi) is 5.66. The molecule has 0 aliphatic rings. The number of amides is 1. The molecule has 1 aromatic heterocycles. The Morgan fingerprint density at radius 2 is 2.12 bits per heavy atom. The molecule has 0 spiro atoms. The van der Waals surface area contributed by atoms with Crippen LogP contribution < -0.4 is 5.32 Å². The number of nitrogens with zero attached hydrogens (tertiary/aromatic N) is 3. The third kappa shape index (κ3) is 4.49. The fourth-order valence-electron chi connectivity index (χ4n) is 2.34. The van der Waals surface area contributed by atoms with Gasteiger partial charge >= 0.3 is 0 Å². The van der Waals surface area contributed by atoms with Crippen LogP contribution in [0.2, 0.25) is 0 Å². The third-order valence-corrected chi connectivity index (χ3v) is 4.51. The van der Waals surface area contributed by atoms with Gasteiger partial charge in [0.25, 0.3) is 0 Å². The summed E-state index contributed by atoms with van der Waals surface area (Å²) >= 11 is 1.38. The van der Waals surface area contributed by atoms with Gasteiger partial charge in [0.15, 0.2) is 0 Å². The van der Waals surface area contributed by atoms with Crippen LogP contribution in [0, 0.1) is 18.3 Å². The van der Waals surface area contributed by atoms with E-state index in [4.69, 9.17) is 9.78 Å². The van der Waals surface area contributed by atoms with E-state index >= 15 is 0 Å². The Morgan fingerprint density at radius 1 is 1.27 bits per heavy atom. The Hall–Kier alpha value is -3.11. The predicted molar refractivity (Wildman–Crippen MR) is 100 cm³/mol. The van der Waals surface area contributed by atoms with Crippen LogP contribution in [-0.4, -0.2) is 21.8 Å². The zero-order valence-electron chi connectivity index (χ0n) is 14.1. The SMILES string of the molecule is Cc1ccccc1-c1noc(CSCC(=O)Nc2cccc(C#N)c2)n1. The lowest BCUT2D eigenvalue weighted by atomic mass is 10.1. The summed E-state index contributed by atoms with van der Waals surface area (Å²) in [4.78, 5) is 16.4. The lowest BCUT2D eigenvalue weighted by Crippen LogP contribution is -2.14. The third-order valence-electron chi connectivity index (χ3n) is 3.59. The van der Waals surface area contributed by atoms with E-state index in [0.29, 0.717) is 28.7 Å². The molecule has 1 N–H and O–H groups in total. The average molecular weight is 364 g/mol. The fourth-order valence-corrected chi connectivity index (χ4v) is 2.99. The zero-order valence-corrected chi connectivity index (χ0v) is 14.9. The van der Waals surface area contributed by atoms with Gasteiger partial charge in [-0.15, -0.1) is 11.8 Å². The smallest absolute Gasteiger partial charge is 0.236 e. The standard InChI is InChI=1S/C19H16N4O2S/c1-13-5-2-3-8-16(13)19-22-18(25-23-19)12-26-11-17(24)21-15-7-4-6-14(9-15)10-20/h2-9H,11-12H2,1H3,(H,21,24). The number of thioether (sulfide) groups is 1. The number of nitriles is 1. The van der Waals surface area contributed by atoms with Crippen molar-refractivity contribution in [1.29, 1.82) is 5.26 Å². The van der Waals surface area contributed by atoms with Gasteiger partial charge in [-0.05, 0) is 30.7 Å². The van der Waals surface area contributed by atoms with Crippen molar-refractivity contribution in [3.63, 3.8) is 0 Å². The maximum absolute atomic E-state index is 12.0. The molecule has 1 amide bonds. The topological polar surface area (TPSA) is 91.8 Å². The highest BCUT2D eigenvalue weighted by Gasteiger charge is 2.11. The number of hydrogen-bond donors (Lipinski definition) is 1. The van der Waals surface area contributed by atoms with Crippen LogP contribution in [0.15, 0.2) is 53.1 Å². The summed E-state index contributed by atoms with van der Waals surface area (Å²) in [5, 5.41) is 15.6. The van der Waals surface area contributed by atoms with Gasteiger partial charge in [0, 0.05) is 11.3 Å². The summed E-state index contributed by atoms with van der Waals surface area (Å²) in [5.74, 6) is 1.58. The molecule has 7 heteroatoms. The molecule has 0 unspecified atom stereocenters. The molecule has 0 fully saturated rings. The highest BCUT2D eigenvalue weighted by molar-refractivity contribution is 7.99. The number of carbonyl (C=O) groups is 1. The molecule has 130 valence electrons. The molecule has 3 aromatic rings. The summed E-state index contributed by atoms with van der Waals surface area (Å²) < 4.78 is 5.25. The molecule has 1 heterocycles. The fraction of sp³-hybridized carbons (Fsp3) is 0.158.